The minimum Gasteiger partial charge on any atom is -0.454 e. The largest absolute Gasteiger partial charge is 0.454 e. The van der Waals surface area contributed by atoms with E-state index in [-0.39, 0.29) is 5.97 Å². The van der Waals surface area contributed by atoms with Gasteiger partial charge in [0.1, 0.15) is 5.60 Å². The van der Waals surface area contributed by atoms with Gasteiger partial charge in [-0.05, 0) is 64.4 Å². The van der Waals surface area contributed by atoms with Crippen molar-refractivity contribution in [2.24, 2.45) is 11.3 Å². The summed E-state index contributed by atoms with van der Waals surface area (Å²) in [5.41, 5.74) is 0.191. The number of ether oxygens (including phenoxy) is 1. The van der Waals surface area contributed by atoms with Crippen LogP contribution in [-0.2, 0) is 9.53 Å². The van der Waals surface area contributed by atoms with Gasteiger partial charge in [0.25, 0.3) is 0 Å². The van der Waals surface area contributed by atoms with Gasteiger partial charge in [0.05, 0.1) is 5.41 Å². The smallest absolute Gasteiger partial charge is 0.312 e. The summed E-state index contributed by atoms with van der Waals surface area (Å²) in [6, 6.07) is 0. The summed E-state index contributed by atoms with van der Waals surface area (Å²) in [5, 5.41) is 0. The lowest BCUT2D eigenvalue weighted by Gasteiger charge is -2.41. The molecular weight excluding hydrogens is 224 g/mol. The van der Waals surface area contributed by atoms with Gasteiger partial charge in [-0.25, -0.2) is 0 Å². The third-order valence-corrected chi connectivity index (χ3v) is 4.58. The fourth-order valence-electron chi connectivity index (χ4n) is 2.30. The molecule has 1 rings (SSSR count). The Morgan fingerprint density at radius 2 is 1.89 bits per heavy atom. The average Bonchev–Trinajstić information content (AvgIpc) is 2.32. The molecule has 0 aromatic rings. The fraction of sp³-hybridized carbons (Fsp3) is 0.812. The van der Waals surface area contributed by atoms with E-state index in [1.54, 1.807) is 0 Å². The molecule has 0 saturated heterocycles. The van der Waals surface area contributed by atoms with Crippen LogP contribution >= 0.6 is 0 Å². The normalized spacial score (nSPS) is 28.8. The van der Waals surface area contributed by atoms with E-state index in [2.05, 4.69) is 13.5 Å². The van der Waals surface area contributed by atoms with E-state index < -0.39 is 11.0 Å². The molecular formula is C16H28O2. The molecule has 0 spiro atoms. The molecule has 18 heavy (non-hydrogen) atoms. The Kier molecular flexibility index (Phi) is 4.63. The van der Waals surface area contributed by atoms with Crippen LogP contribution in [0.25, 0.3) is 0 Å². The standard InChI is InChI=1S/C16H28O2/c1-7-15(5,6)14(17)18-16(12(2)3)10-8-13(4)9-11-16/h13H,2,7-11H2,1,3-6H3. The van der Waals surface area contributed by atoms with Crippen molar-refractivity contribution < 1.29 is 9.53 Å². The second-order valence-corrected chi connectivity index (χ2v) is 6.58. The lowest BCUT2D eigenvalue weighted by Crippen LogP contribution is -2.43. The first-order valence-electron chi connectivity index (χ1n) is 7.13. The Hall–Kier alpha value is -0.790. The van der Waals surface area contributed by atoms with Crippen LogP contribution in [0.2, 0.25) is 0 Å². The predicted molar refractivity (Wildman–Crippen MR) is 75.3 cm³/mol. The zero-order chi connectivity index (χ0) is 14.0. The highest BCUT2D eigenvalue weighted by molar-refractivity contribution is 5.76. The first-order chi connectivity index (χ1) is 8.23. The molecule has 1 aliphatic carbocycles. The molecule has 0 atom stereocenters. The molecule has 0 aromatic heterocycles. The Bertz CT molecular complexity index is 320. The van der Waals surface area contributed by atoms with E-state index in [1.165, 1.54) is 0 Å². The summed E-state index contributed by atoms with van der Waals surface area (Å²) < 4.78 is 5.91. The minimum absolute atomic E-state index is 0.0810. The molecule has 0 aromatic carbocycles. The first kappa shape index (κ1) is 15.3. The van der Waals surface area contributed by atoms with E-state index in [9.17, 15) is 4.79 Å². The van der Waals surface area contributed by atoms with Crippen molar-refractivity contribution in [3.8, 4) is 0 Å². The van der Waals surface area contributed by atoms with Gasteiger partial charge in [-0.2, -0.15) is 0 Å². The van der Waals surface area contributed by atoms with Gasteiger partial charge in [0, 0.05) is 0 Å². The predicted octanol–water partition coefficient (Wildman–Crippen LogP) is 4.49. The maximum absolute atomic E-state index is 12.3. The maximum atomic E-state index is 12.3. The number of rotatable bonds is 4. The molecule has 1 aliphatic rings. The third-order valence-electron chi connectivity index (χ3n) is 4.58. The monoisotopic (exact) mass is 252 g/mol. The third kappa shape index (κ3) is 3.15. The maximum Gasteiger partial charge on any atom is 0.312 e. The quantitative estimate of drug-likeness (QED) is 0.544. The van der Waals surface area contributed by atoms with E-state index in [0.717, 1.165) is 43.6 Å². The fourth-order valence-corrected chi connectivity index (χ4v) is 2.30. The Morgan fingerprint density at radius 1 is 1.39 bits per heavy atom. The molecule has 104 valence electrons. The Labute approximate surface area is 112 Å². The molecule has 0 amide bonds. The van der Waals surface area contributed by atoms with Gasteiger partial charge in [0.15, 0.2) is 0 Å². The molecule has 0 heterocycles. The van der Waals surface area contributed by atoms with Crippen LogP contribution in [0.5, 0.6) is 0 Å². The average molecular weight is 252 g/mol. The number of hydrogen-bond donors (Lipinski definition) is 0. The lowest BCUT2D eigenvalue weighted by atomic mass is 9.76. The van der Waals surface area contributed by atoms with Crippen molar-refractivity contribution in [2.75, 3.05) is 0 Å². The van der Waals surface area contributed by atoms with Crippen molar-refractivity contribution in [1.29, 1.82) is 0 Å². The number of carbonyl (C=O) groups is 1. The first-order valence-corrected chi connectivity index (χ1v) is 7.13. The molecule has 0 bridgehead atoms. The van der Waals surface area contributed by atoms with Gasteiger partial charge < -0.3 is 4.74 Å². The van der Waals surface area contributed by atoms with E-state index in [1.807, 2.05) is 27.7 Å². The summed E-state index contributed by atoms with van der Waals surface area (Å²) in [7, 11) is 0. The molecule has 0 N–H and O–H groups in total. The van der Waals surface area contributed by atoms with Gasteiger partial charge in [0.2, 0.25) is 0 Å². The highest BCUT2D eigenvalue weighted by atomic mass is 16.6. The molecule has 0 radical (unpaired) electrons. The van der Waals surface area contributed by atoms with Gasteiger partial charge in [-0.3, -0.25) is 4.79 Å². The summed E-state index contributed by atoms with van der Waals surface area (Å²) >= 11 is 0. The zero-order valence-corrected chi connectivity index (χ0v) is 12.6. The van der Waals surface area contributed by atoms with Crippen LogP contribution in [0.1, 0.15) is 66.7 Å². The summed E-state index contributed by atoms with van der Waals surface area (Å²) in [6.07, 6.45) is 4.89. The van der Waals surface area contributed by atoms with Crippen LogP contribution < -0.4 is 0 Å². The van der Waals surface area contributed by atoms with Crippen LogP contribution in [0.3, 0.4) is 0 Å². The molecule has 0 unspecified atom stereocenters. The van der Waals surface area contributed by atoms with Crippen LogP contribution in [0.15, 0.2) is 12.2 Å². The number of esters is 1. The molecule has 1 fully saturated rings. The number of carbonyl (C=O) groups excluding carboxylic acids is 1. The molecule has 0 aliphatic heterocycles. The Balaban J connectivity index is 2.82. The van der Waals surface area contributed by atoms with Crippen molar-refractivity contribution >= 4 is 5.97 Å². The van der Waals surface area contributed by atoms with Crippen molar-refractivity contribution in [2.45, 2.75) is 72.3 Å². The minimum atomic E-state index is -0.407. The van der Waals surface area contributed by atoms with Crippen molar-refractivity contribution in [1.82, 2.24) is 0 Å². The summed E-state index contributed by atoms with van der Waals surface area (Å²) in [5.74, 6) is 0.651. The SMILES string of the molecule is C=C(C)C1(OC(=O)C(C)(C)CC)CCC(C)CC1. The van der Waals surface area contributed by atoms with Crippen molar-refractivity contribution in [3.05, 3.63) is 12.2 Å². The second-order valence-electron chi connectivity index (χ2n) is 6.58. The highest BCUT2D eigenvalue weighted by Gasteiger charge is 2.41. The zero-order valence-electron chi connectivity index (χ0n) is 12.6. The molecule has 2 nitrogen and oxygen atoms in total. The molecule has 2 heteroatoms. The lowest BCUT2D eigenvalue weighted by molar-refractivity contribution is -0.170. The summed E-state index contributed by atoms with van der Waals surface area (Å²) in [6.45, 7) is 14.2. The topological polar surface area (TPSA) is 26.3 Å². The van der Waals surface area contributed by atoms with Crippen molar-refractivity contribution in [3.63, 3.8) is 0 Å². The Morgan fingerprint density at radius 3 is 2.28 bits per heavy atom. The van der Waals surface area contributed by atoms with Gasteiger partial charge in [-0.15, -0.1) is 0 Å². The number of hydrogen-bond acceptors (Lipinski definition) is 2. The molecule has 1 saturated carbocycles. The van der Waals surface area contributed by atoms with Gasteiger partial charge in [-0.1, -0.05) is 20.4 Å². The summed E-state index contributed by atoms with van der Waals surface area (Å²) in [4.78, 5) is 12.3. The highest BCUT2D eigenvalue weighted by Crippen LogP contribution is 2.40. The van der Waals surface area contributed by atoms with E-state index in [0.29, 0.717) is 0 Å². The second kappa shape index (κ2) is 5.46. The van der Waals surface area contributed by atoms with Crippen LogP contribution in [0, 0.1) is 11.3 Å². The van der Waals surface area contributed by atoms with E-state index >= 15 is 0 Å². The van der Waals surface area contributed by atoms with Crippen LogP contribution in [0.4, 0.5) is 0 Å². The van der Waals surface area contributed by atoms with E-state index in [4.69, 9.17) is 4.74 Å². The van der Waals surface area contributed by atoms with Gasteiger partial charge >= 0.3 is 5.97 Å². The van der Waals surface area contributed by atoms with Crippen LogP contribution in [-0.4, -0.2) is 11.6 Å².